The molecule has 1 aliphatic heterocycles. The summed E-state index contributed by atoms with van der Waals surface area (Å²) >= 11 is 0. The lowest BCUT2D eigenvalue weighted by Gasteiger charge is -2.41. The average molecular weight is 268 g/mol. The van der Waals surface area contributed by atoms with Gasteiger partial charge in [0.2, 0.25) is 0 Å². The molecule has 0 N–H and O–H groups in total. The van der Waals surface area contributed by atoms with Gasteiger partial charge in [0, 0.05) is 12.1 Å². The Morgan fingerprint density at radius 2 is 1.53 bits per heavy atom. The van der Waals surface area contributed by atoms with Crippen molar-refractivity contribution in [2.75, 3.05) is 33.2 Å². The van der Waals surface area contributed by atoms with Gasteiger partial charge in [0.05, 0.1) is 0 Å². The van der Waals surface area contributed by atoms with E-state index >= 15 is 0 Å². The van der Waals surface area contributed by atoms with Crippen LogP contribution < -0.4 is 0 Å². The van der Waals surface area contributed by atoms with E-state index in [2.05, 4.69) is 58.4 Å². The van der Waals surface area contributed by atoms with Crippen LogP contribution in [0.15, 0.2) is 0 Å². The highest BCUT2D eigenvalue weighted by Gasteiger charge is 2.27. The molecule has 0 saturated carbocycles. The highest BCUT2D eigenvalue weighted by atomic mass is 15.2. The molecule has 1 fully saturated rings. The summed E-state index contributed by atoms with van der Waals surface area (Å²) in [6.45, 7) is 19.1. The number of nitrogens with zero attached hydrogens (tertiary/aromatic N) is 2. The predicted octanol–water partition coefficient (Wildman–Crippen LogP) is 3.86. The summed E-state index contributed by atoms with van der Waals surface area (Å²) in [5.41, 5.74) is 0.812. The third-order valence-electron chi connectivity index (χ3n) is 4.38. The van der Waals surface area contributed by atoms with E-state index in [1.807, 2.05) is 0 Å². The molecular weight excluding hydrogens is 232 g/mol. The average Bonchev–Trinajstić information content (AvgIpc) is 2.25. The van der Waals surface area contributed by atoms with Crippen LogP contribution in [-0.2, 0) is 0 Å². The molecule has 0 atom stereocenters. The van der Waals surface area contributed by atoms with Crippen molar-refractivity contribution in [2.24, 2.45) is 11.3 Å². The van der Waals surface area contributed by atoms with Crippen LogP contribution in [0.4, 0.5) is 0 Å². The van der Waals surface area contributed by atoms with Crippen molar-refractivity contribution in [1.82, 2.24) is 9.80 Å². The van der Waals surface area contributed by atoms with Crippen LogP contribution in [0.25, 0.3) is 0 Å². The maximum atomic E-state index is 2.64. The largest absolute Gasteiger partial charge is 0.306 e. The van der Waals surface area contributed by atoms with E-state index in [9.17, 15) is 0 Å². The van der Waals surface area contributed by atoms with Crippen LogP contribution >= 0.6 is 0 Å². The number of hydrogen-bond acceptors (Lipinski definition) is 2. The molecule has 0 unspecified atom stereocenters. The van der Waals surface area contributed by atoms with Crippen LogP contribution in [0.2, 0.25) is 0 Å². The Bertz CT molecular complexity index is 251. The minimum absolute atomic E-state index is 0.350. The van der Waals surface area contributed by atoms with Crippen LogP contribution in [-0.4, -0.2) is 48.6 Å². The van der Waals surface area contributed by atoms with Crippen LogP contribution in [0.1, 0.15) is 60.8 Å². The molecule has 0 aromatic rings. The molecule has 0 radical (unpaired) electrons. The zero-order valence-electron chi connectivity index (χ0n) is 14.4. The fourth-order valence-corrected chi connectivity index (χ4v) is 2.84. The van der Waals surface area contributed by atoms with Crippen molar-refractivity contribution in [3.05, 3.63) is 0 Å². The summed E-state index contributed by atoms with van der Waals surface area (Å²) in [6, 6.07) is 0. The van der Waals surface area contributed by atoms with Crippen molar-refractivity contribution < 1.29 is 0 Å². The molecule has 2 nitrogen and oxygen atoms in total. The highest BCUT2D eigenvalue weighted by molar-refractivity contribution is 4.82. The van der Waals surface area contributed by atoms with Gasteiger partial charge in [-0.1, -0.05) is 20.8 Å². The molecule has 0 bridgehead atoms. The first-order valence-electron chi connectivity index (χ1n) is 8.01. The molecule has 1 heterocycles. The van der Waals surface area contributed by atoms with E-state index in [1.165, 1.54) is 45.4 Å². The van der Waals surface area contributed by atoms with Gasteiger partial charge in [0.25, 0.3) is 0 Å². The van der Waals surface area contributed by atoms with Gasteiger partial charge in [-0.05, 0) is 78.0 Å². The SMILES string of the molecule is CN(CCC(C)(C)C)CC1CCN(C(C)(C)C)CC1. The van der Waals surface area contributed by atoms with E-state index in [4.69, 9.17) is 0 Å². The number of hydrogen-bond donors (Lipinski definition) is 0. The molecule has 2 heteroatoms. The summed E-state index contributed by atoms with van der Waals surface area (Å²) < 4.78 is 0. The monoisotopic (exact) mass is 268 g/mol. The fraction of sp³-hybridized carbons (Fsp3) is 1.00. The first-order chi connectivity index (χ1) is 8.58. The predicted molar refractivity (Wildman–Crippen MR) is 85.6 cm³/mol. The second kappa shape index (κ2) is 6.58. The van der Waals surface area contributed by atoms with Crippen LogP contribution in [0.5, 0.6) is 0 Å². The Morgan fingerprint density at radius 1 is 1.00 bits per heavy atom. The molecule has 0 spiro atoms. The molecule has 19 heavy (non-hydrogen) atoms. The van der Waals surface area contributed by atoms with Gasteiger partial charge in [-0.15, -0.1) is 0 Å². The van der Waals surface area contributed by atoms with Crippen molar-refractivity contribution in [3.8, 4) is 0 Å². The second-order valence-corrected chi connectivity index (χ2v) is 8.67. The quantitative estimate of drug-likeness (QED) is 0.764. The van der Waals surface area contributed by atoms with E-state index in [1.54, 1.807) is 0 Å². The minimum Gasteiger partial charge on any atom is -0.306 e. The van der Waals surface area contributed by atoms with Gasteiger partial charge in [-0.2, -0.15) is 0 Å². The molecule has 114 valence electrons. The topological polar surface area (TPSA) is 6.48 Å². The molecule has 0 aromatic carbocycles. The van der Waals surface area contributed by atoms with Gasteiger partial charge in [0.1, 0.15) is 0 Å². The maximum Gasteiger partial charge on any atom is 0.0125 e. The Morgan fingerprint density at radius 3 is 1.95 bits per heavy atom. The smallest absolute Gasteiger partial charge is 0.0125 e. The van der Waals surface area contributed by atoms with Gasteiger partial charge >= 0.3 is 0 Å². The standard InChI is InChI=1S/C17H36N2/c1-16(2,3)10-13-18(7)14-15-8-11-19(12-9-15)17(4,5)6/h15H,8-14H2,1-7H3. The van der Waals surface area contributed by atoms with E-state index in [0.29, 0.717) is 11.0 Å². The van der Waals surface area contributed by atoms with E-state index in [0.717, 1.165) is 5.92 Å². The molecular formula is C17H36N2. The zero-order valence-corrected chi connectivity index (χ0v) is 14.4. The van der Waals surface area contributed by atoms with Crippen molar-refractivity contribution in [3.63, 3.8) is 0 Å². The molecule has 0 aliphatic carbocycles. The summed E-state index contributed by atoms with van der Waals surface area (Å²) in [5.74, 6) is 0.906. The Hall–Kier alpha value is -0.0800. The second-order valence-electron chi connectivity index (χ2n) is 8.67. The zero-order chi connectivity index (χ0) is 14.7. The highest BCUT2D eigenvalue weighted by Crippen LogP contribution is 2.25. The first kappa shape index (κ1) is 17.0. The summed E-state index contributed by atoms with van der Waals surface area (Å²) in [5, 5.41) is 0. The fourth-order valence-electron chi connectivity index (χ4n) is 2.84. The van der Waals surface area contributed by atoms with Crippen molar-refractivity contribution in [1.29, 1.82) is 0 Å². The normalized spacial score (nSPS) is 20.2. The third-order valence-corrected chi connectivity index (χ3v) is 4.38. The lowest BCUT2D eigenvalue weighted by Crippen LogP contribution is -2.47. The minimum atomic E-state index is 0.350. The third kappa shape index (κ3) is 6.76. The van der Waals surface area contributed by atoms with Gasteiger partial charge in [-0.3, -0.25) is 4.90 Å². The molecule has 1 rings (SSSR count). The summed E-state index contributed by atoms with van der Waals surface area (Å²) in [6.07, 6.45) is 4.04. The molecule has 0 amide bonds. The molecule has 1 aliphatic rings. The van der Waals surface area contributed by atoms with Crippen molar-refractivity contribution >= 4 is 0 Å². The van der Waals surface area contributed by atoms with Gasteiger partial charge in [-0.25, -0.2) is 0 Å². The number of rotatable bonds is 4. The van der Waals surface area contributed by atoms with Crippen LogP contribution in [0.3, 0.4) is 0 Å². The maximum absolute atomic E-state index is 2.64. The Kier molecular flexibility index (Phi) is 5.88. The Balaban J connectivity index is 2.25. The summed E-state index contributed by atoms with van der Waals surface area (Å²) in [4.78, 5) is 5.18. The van der Waals surface area contributed by atoms with Gasteiger partial charge in [0.15, 0.2) is 0 Å². The Labute approximate surface area is 121 Å². The number of piperidine rings is 1. The van der Waals surface area contributed by atoms with E-state index in [-0.39, 0.29) is 0 Å². The lowest BCUT2D eigenvalue weighted by molar-refractivity contribution is 0.0764. The molecule has 1 saturated heterocycles. The molecule has 0 aromatic heterocycles. The van der Waals surface area contributed by atoms with E-state index < -0.39 is 0 Å². The van der Waals surface area contributed by atoms with Crippen molar-refractivity contribution in [2.45, 2.75) is 66.3 Å². The lowest BCUT2D eigenvalue weighted by atomic mass is 9.91. The van der Waals surface area contributed by atoms with Gasteiger partial charge < -0.3 is 4.90 Å². The number of likely N-dealkylation sites (tertiary alicyclic amines) is 1. The van der Waals surface area contributed by atoms with Crippen LogP contribution in [0, 0.1) is 11.3 Å². The first-order valence-corrected chi connectivity index (χ1v) is 8.01. The summed E-state index contributed by atoms with van der Waals surface area (Å²) in [7, 11) is 2.29.